The molecule has 0 unspecified atom stereocenters. The fourth-order valence-electron chi connectivity index (χ4n) is 3.17. The van der Waals surface area contributed by atoms with Crippen molar-refractivity contribution in [1.82, 2.24) is 9.78 Å². The molecular formula is C24H16BrCl2N3O2. The van der Waals surface area contributed by atoms with E-state index in [2.05, 4.69) is 26.3 Å². The number of benzene rings is 3. The van der Waals surface area contributed by atoms with Gasteiger partial charge < -0.3 is 5.32 Å². The van der Waals surface area contributed by atoms with Gasteiger partial charge in [0.25, 0.3) is 5.91 Å². The van der Waals surface area contributed by atoms with Gasteiger partial charge in [0, 0.05) is 27.4 Å². The minimum Gasteiger partial charge on any atom is -0.304 e. The summed E-state index contributed by atoms with van der Waals surface area (Å²) >= 11 is 15.6. The van der Waals surface area contributed by atoms with E-state index in [9.17, 15) is 9.59 Å². The van der Waals surface area contributed by atoms with Gasteiger partial charge in [-0.25, -0.2) is 0 Å². The first-order valence-electron chi connectivity index (χ1n) is 9.59. The lowest BCUT2D eigenvalue weighted by Crippen LogP contribution is -2.17. The second kappa shape index (κ2) is 9.69. The number of ketones is 1. The van der Waals surface area contributed by atoms with Gasteiger partial charge in [-0.05, 0) is 57.9 Å². The molecule has 1 N–H and O–H groups in total. The van der Waals surface area contributed by atoms with E-state index in [0.29, 0.717) is 38.0 Å². The van der Waals surface area contributed by atoms with Crippen molar-refractivity contribution in [2.75, 3.05) is 5.32 Å². The van der Waals surface area contributed by atoms with Crippen LogP contribution in [0.1, 0.15) is 31.8 Å². The molecule has 0 aliphatic carbocycles. The van der Waals surface area contributed by atoms with Gasteiger partial charge in [-0.1, -0.05) is 59.6 Å². The fraction of sp³-hybridized carbons (Fsp3) is 0.0417. The number of carbonyl (C=O) groups excluding carboxylic acids is 2. The minimum atomic E-state index is -0.438. The highest BCUT2D eigenvalue weighted by atomic mass is 79.9. The smallest absolute Gasteiger partial charge is 0.257 e. The highest BCUT2D eigenvalue weighted by Crippen LogP contribution is 2.24. The predicted octanol–water partition coefficient (Wildman–Crippen LogP) is 6.48. The summed E-state index contributed by atoms with van der Waals surface area (Å²) in [6.45, 7) is 0.444. The number of carbonyl (C=O) groups is 2. The number of halogens is 3. The Bertz CT molecular complexity index is 1300. The predicted molar refractivity (Wildman–Crippen MR) is 130 cm³/mol. The van der Waals surface area contributed by atoms with E-state index in [1.807, 2.05) is 24.3 Å². The van der Waals surface area contributed by atoms with E-state index in [0.717, 1.165) is 5.56 Å². The van der Waals surface area contributed by atoms with Crippen molar-refractivity contribution in [3.63, 3.8) is 0 Å². The quantitative estimate of drug-likeness (QED) is 0.291. The van der Waals surface area contributed by atoms with Crippen molar-refractivity contribution in [3.8, 4) is 0 Å². The van der Waals surface area contributed by atoms with Crippen molar-refractivity contribution in [2.24, 2.45) is 0 Å². The maximum absolute atomic E-state index is 13.0. The average molecular weight is 529 g/mol. The van der Waals surface area contributed by atoms with Crippen molar-refractivity contribution in [1.29, 1.82) is 0 Å². The molecule has 1 heterocycles. The molecule has 4 aromatic rings. The number of rotatable bonds is 6. The summed E-state index contributed by atoms with van der Waals surface area (Å²) in [4.78, 5) is 26.0. The number of hydrogen-bond donors (Lipinski definition) is 1. The van der Waals surface area contributed by atoms with Gasteiger partial charge in [-0.15, -0.1) is 0 Å². The molecule has 0 bridgehead atoms. The zero-order valence-electron chi connectivity index (χ0n) is 16.6. The van der Waals surface area contributed by atoms with E-state index in [4.69, 9.17) is 23.2 Å². The molecule has 1 aromatic heterocycles. The van der Waals surface area contributed by atoms with Crippen LogP contribution in [-0.2, 0) is 6.54 Å². The maximum Gasteiger partial charge on any atom is 0.257 e. The summed E-state index contributed by atoms with van der Waals surface area (Å²) in [7, 11) is 0. The van der Waals surface area contributed by atoms with E-state index in [1.54, 1.807) is 59.4 Å². The van der Waals surface area contributed by atoms with Gasteiger partial charge in [0.05, 0.1) is 16.6 Å². The summed E-state index contributed by atoms with van der Waals surface area (Å²) < 4.78 is 2.28. The second-order valence-corrected chi connectivity index (χ2v) is 8.65. The Hall–Kier alpha value is -2.93. The number of aromatic nitrogens is 2. The zero-order valence-corrected chi connectivity index (χ0v) is 19.7. The molecule has 8 heteroatoms. The highest BCUT2D eigenvalue weighted by molar-refractivity contribution is 9.10. The third kappa shape index (κ3) is 4.93. The second-order valence-electron chi connectivity index (χ2n) is 6.95. The number of hydrogen-bond acceptors (Lipinski definition) is 3. The number of anilines is 1. The average Bonchev–Trinajstić information content (AvgIpc) is 3.14. The van der Waals surface area contributed by atoms with E-state index >= 15 is 0 Å². The first-order chi connectivity index (χ1) is 15.4. The summed E-state index contributed by atoms with van der Waals surface area (Å²) in [6.07, 6.45) is 1.75. The molecule has 4 rings (SSSR count). The lowest BCUT2D eigenvalue weighted by Gasteiger charge is -2.09. The number of nitrogens with one attached hydrogen (secondary N) is 1. The van der Waals surface area contributed by atoms with Gasteiger partial charge in [0.15, 0.2) is 11.6 Å². The van der Waals surface area contributed by atoms with E-state index in [1.165, 1.54) is 0 Å². The lowest BCUT2D eigenvalue weighted by atomic mass is 9.98. The fourth-order valence-corrected chi connectivity index (χ4v) is 3.91. The van der Waals surface area contributed by atoms with Crippen molar-refractivity contribution >= 4 is 56.6 Å². The zero-order chi connectivity index (χ0) is 22.7. The molecule has 0 aliphatic rings. The molecule has 5 nitrogen and oxygen atoms in total. The Morgan fingerprint density at radius 2 is 1.56 bits per heavy atom. The Labute approximate surface area is 203 Å². The summed E-state index contributed by atoms with van der Waals surface area (Å²) in [6, 6.07) is 20.7. The molecule has 0 spiro atoms. The van der Waals surface area contributed by atoms with Crippen molar-refractivity contribution in [2.45, 2.75) is 6.54 Å². The van der Waals surface area contributed by atoms with Crippen LogP contribution in [0.15, 0.2) is 83.5 Å². The van der Waals surface area contributed by atoms with Crippen LogP contribution in [0.4, 0.5) is 5.82 Å². The van der Waals surface area contributed by atoms with Gasteiger partial charge >= 0.3 is 0 Å². The Kier molecular flexibility index (Phi) is 6.74. The van der Waals surface area contributed by atoms with Crippen LogP contribution in [0.5, 0.6) is 0 Å². The SMILES string of the molecule is O=C(Nc1nn(Cc2ccccc2Cl)cc1Br)c1ccccc1C(=O)c1ccc(Cl)cc1. The molecule has 3 aromatic carbocycles. The molecule has 0 aliphatic heterocycles. The molecular weight excluding hydrogens is 513 g/mol. The monoisotopic (exact) mass is 527 g/mol. The van der Waals surface area contributed by atoms with Crippen molar-refractivity contribution < 1.29 is 9.59 Å². The van der Waals surface area contributed by atoms with Crippen LogP contribution in [0, 0.1) is 0 Å². The topological polar surface area (TPSA) is 64.0 Å². The minimum absolute atomic E-state index is 0.250. The third-order valence-electron chi connectivity index (χ3n) is 4.76. The molecule has 0 atom stereocenters. The van der Waals surface area contributed by atoms with Gasteiger partial charge in [0.2, 0.25) is 0 Å². The lowest BCUT2D eigenvalue weighted by molar-refractivity contribution is 0.0996. The van der Waals surface area contributed by atoms with Gasteiger partial charge in [0.1, 0.15) is 0 Å². The van der Waals surface area contributed by atoms with Crippen LogP contribution in [-0.4, -0.2) is 21.5 Å². The van der Waals surface area contributed by atoms with Gasteiger partial charge in [-0.2, -0.15) is 5.10 Å². The third-order valence-corrected chi connectivity index (χ3v) is 5.96. The Balaban J connectivity index is 1.56. The normalized spacial score (nSPS) is 10.7. The number of amides is 1. The summed E-state index contributed by atoms with van der Waals surface area (Å²) in [5.74, 6) is -0.363. The molecule has 0 saturated carbocycles. The standard InChI is InChI=1S/C24H16BrCl2N3O2/c25-20-14-30(13-16-5-1-4-8-21(16)27)29-23(20)28-24(32)19-7-3-2-6-18(19)22(31)15-9-11-17(26)12-10-15/h1-12,14H,13H2,(H,28,29,32). The maximum atomic E-state index is 13.0. The van der Waals surface area contributed by atoms with Crippen LogP contribution in [0.25, 0.3) is 0 Å². The largest absolute Gasteiger partial charge is 0.304 e. The number of nitrogens with zero attached hydrogens (tertiary/aromatic N) is 2. The first-order valence-corrected chi connectivity index (χ1v) is 11.1. The molecule has 0 saturated heterocycles. The summed E-state index contributed by atoms with van der Waals surface area (Å²) in [5, 5.41) is 8.38. The first kappa shape index (κ1) is 22.3. The molecule has 32 heavy (non-hydrogen) atoms. The van der Waals surface area contributed by atoms with Crippen LogP contribution < -0.4 is 5.32 Å². The Morgan fingerprint density at radius 1 is 0.906 bits per heavy atom. The van der Waals surface area contributed by atoms with Crippen molar-refractivity contribution in [3.05, 3.63) is 116 Å². The molecule has 160 valence electrons. The molecule has 1 amide bonds. The van der Waals surface area contributed by atoms with Crippen LogP contribution in [0.2, 0.25) is 10.0 Å². The molecule has 0 radical (unpaired) electrons. The van der Waals surface area contributed by atoms with Crippen LogP contribution >= 0.6 is 39.1 Å². The molecule has 0 fully saturated rings. The summed E-state index contributed by atoms with van der Waals surface area (Å²) in [5.41, 5.74) is 1.89. The highest BCUT2D eigenvalue weighted by Gasteiger charge is 2.20. The van der Waals surface area contributed by atoms with Crippen LogP contribution in [0.3, 0.4) is 0 Å². The van der Waals surface area contributed by atoms with E-state index in [-0.39, 0.29) is 11.3 Å². The van der Waals surface area contributed by atoms with E-state index < -0.39 is 5.91 Å². The Morgan fingerprint density at radius 3 is 2.28 bits per heavy atom. The van der Waals surface area contributed by atoms with Gasteiger partial charge in [-0.3, -0.25) is 14.3 Å².